The first-order chi connectivity index (χ1) is 10.5. The molecule has 1 amide bonds. The number of hydrogen-bond acceptors (Lipinski definition) is 3. The number of aliphatic hydroxyl groups is 1. The summed E-state index contributed by atoms with van der Waals surface area (Å²) in [6, 6.07) is 7.56. The Morgan fingerprint density at radius 1 is 1.36 bits per heavy atom. The fraction of sp³-hybridized carbons (Fsp3) is 0.353. The van der Waals surface area contributed by atoms with Gasteiger partial charge in [0, 0.05) is 23.4 Å². The summed E-state index contributed by atoms with van der Waals surface area (Å²) in [6.45, 7) is 5.76. The number of ether oxygens (including phenoxy) is 1. The highest BCUT2D eigenvalue weighted by Crippen LogP contribution is 2.24. The van der Waals surface area contributed by atoms with E-state index in [1.165, 1.54) is 0 Å². The van der Waals surface area contributed by atoms with Gasteiger partial charge in [-0.3, -0.25) is 4.79 Å². The van der Waals surface area contributed by atoms with E-state index in [4.69, 9.17) is 4.74 Å². The molecule has 0 spiro atoms. The van der Waals surface area contributed by atoms with Crippen LogP contribution in [0.15, 0.2) is 24.3 Å². The predicted octanol–water partition coefficient (Wildman–Crippen LogP) is 2.62. The first kappa shape index (κ1) is 16.1. The van der Waals surface area contributed by atoms with E-state index in [1.807, 2.05) is 38.1 Å². The van der Waals surface area contributed by atoms with Crippen molar-refractivity contribution in [2.75, 3.05) is 7.11 Å². The molecule has 0 fully saturated rings. The summed E-state index contributed by atoms with van der Waals surface area (Å²) < 4.78 is 5.27. The maximum absolute atomic E-state index is 12.4. The summed E-state index contributed by atoms with van der Waals surface area (Å²) in [4.78, 5) is 15.4. The van der Waals surface area contributed by atoms with E-state index in [1.54, 1.807) is 14.0 Å². The zero-order valence-corrected chi connectivity index (χ0v) is 13.4. The molecule has 0 saturated carbocycles. The van der Waals surface area contributed by atoms with Crippen molar-refractivity contribution in [3.8, 4) is 5.75 Å². The molecule has 1 atom stereocenters. The first-order valence-corrected chi connectivity index (χ1v) is 7.23. The molecule has 0 aliphatic carbocycles. The van der Waals surface area contributed by atoms with Crippen LogP contribution in [0.3, 0.4) is 0 Å². The lowest BCUT2D eigenvalue weighted by Crippen LogP contribution is -2.24. The summed E-state index contributed by atoms with van der Waals surface area (Å²) in [5, 5.41) is 12.7. The van der Waals surface area contributed by atoms with Crippen LogP contribution in [0.4, 0.5) is 0 Å². The Hall–Kier alpha value is -2.27. The van der Waals surface area contributed by atoms with Crippen LogP contribution in [-0.2, 0) is 6.54 Å². The molecular formula is C17H22N2O3. The van der Waals surface area contributed by atoms with Gasteiger partial charge in [0.2, 0.25) is 0 Å². The smallest absolute Gasteiger partial charge is 0.268 e. The lowest BCUT2D eigenvalue weighted by molar-refractivity contribution is 0.0945. The van der Waals surface area contributed by atoms with Crippen LogP contribution >= 0.6 is 0 Å². The molecule has 5 heteroatoms. The summed E-state index contributed by atoms with van der Waals surface area (Å²) in [6.07, 6.45) is -0.605. The van der Waals surface area contributed by atoms with Gasteiger partial charge >= 0.3 is 0 Å². The number of rotatable bonds is 5. The Kier molecular flexibility index (Phi) is 4.88. The van der Waals surface area contributed by atoms with Gasteiger partial charge in [0.15, 0.2) is 0 Å². The molecule has 0 unspecified atom stereocenters. The molecule has 118 valence electrons. The van der Waals surface area contributed by atoms with Gasteiger partial charge in [-0.1, -0.05) is 18.2 Å². The van der Waals surface area contributed by atoms with E-state index in [2.05, 4.69) is 10.3 Å². The number of hydrogen-bond donors (Lipinski definition) is 3. The maximum atomic E-state index is 12.4. The van der Waals surface area contributed by atoms with Crippen LogP contribution in [-0.4, -0.2) is 23.1 Å². The number of aryl methyl sites for hydroxylation is 1. The number of para-hydroxylation sites is 1. The molecule has 5 nitrogen and oxygen atoms in total. The highest BCUT2D eigenvalue weighted by atomic mass is 16.5. The Morgan fingerprint density at radius 2 is 2.05 bits per heavy atom. The number of aromatic nitrogens is 1. The quantitative estimate of drug-likeness (QED) is 0.795. The van der Waals surface area contributed by atoms with Crippen LogP contribution in [0.25, 0.3) is 0 Å². The van der Waals surface area contributed by atoms with Crippen LogP contribution in [0.2, 0.25) is 0 Å². The third-order valence-corrected chi connectivity index (χ3v) is 3.77. The fourth-order valence-electron chi connectivity index (χ4n) is 2.73. The van der Waals surface area contributed by atoms with Crippen molar-refractivity contribution >= 4 is 5.91 Å². The SMILES string of the molecule is COc1ccccc1CNC(=O)c1[nH]c(C)c([C@H](C)O)c1C. The van der Waals surface area contributed by atoms with E-state index in [0.29, 0.717) is 12.2 Å². The lowest BCUT2D eigenvalue weighted by Gasteiger charge is -2.09. The van der Waals surface area contributed by atoms with Crippen molar-refractivity contribution in [3.05, 3.63) is 52.3 Å². The lowest BCUT2D eigenvalue weighted by atomic mass is 10.1. The van der Waals surface area contributed by atoms with E-state index in [9.17, 15) is 9.90 Å². The fourth-order valence-corrected chi connectivity index (χ4v) is 2.73. The van der Waals surface area contributed by atoms with Crippen LogP contribution in [0, 0.1) is 13.8 Å². The van der Waals surface area contributed by atoms with Gasteiger partial charge in [-0.15, -0.1) is 0 Å². The Morgan fingerprint density at radius 3 is 2.64 bits per heavy atom. The normalized spacial score (nSPS) is 12.0. The van der Waals surface area contributed by atoms with E-state index >= 15 is 0 Å². The van der Waals surface area contributed by atoms with E-state index < -0.39 is 6.10 Å². The molecule has 0 saturated heterocycles. The summed E-state index contributed by atoms with van der Waals surface area (Å²) in [7, 11) is 1.61. The number of carbonyl (C=O) groups is 1. The molecule has 22 heavy (non-hydrogen) atoms. The number of aromatic amines is 1. The number of nitrogens with one attached hydrogen (secondary N) is 2. The number of carbonyl (C=O) groups excluding carboxylic acids is 1. The molecule has 0 bridgehead atoms. The monoisotopic (exact) mass is 302 g/mol. The summed E-state index contributed by atoms with van der Waals surface area (Å²) in [5.74, 6) is 0.547. The van der Waals surface area contributed by atoms with Crippen LogP contribution in [0.5, 0.6) is 5.75 Å². The van der Waals surface area contributed by atoms with Gasteiger partial charge < -0.3 is 20.1 Å². The van der Waals surface area contributed by atoms with Crippen molar-refractivity contribution in [1.29, 1.82) is 0 Å². The van der Waals surface area contributed by atoms with E-state index in [-0.39, 0.29) is 5.91 Å². The van der Waals surface area contributed by atoms with Gasteiger partial charge in [0.1, 0.15) is 11.4 Å². The molecule has 2 aromatic rings. The Bertz CT molecular complexity index is 675. The Balaban J connectivity index is 2.15. The second kappa shape index (κ2) is 6.66. The Labute approximate surface area is 130 Å². The zero-order chi connectivity index (χ0) is 16.3. The van der Waals surface area contributed by atoms with Crippen molar-refractivity contribution < 1.29 is 14.6 Å². The summed E-state index contributed by atoms with van der Waals surface area (Å²) >= 11 is 0. The van der Waals surface area contributed by atoms with Crippen molar-refractivity contribution in [3.63, 3.8) is 0 Å². The van der Waals surface area contributed by atoms with Gasteiger partial charge in [-0.2, -0.15) is 0 Å². The molecular weight excluding hydrogens is 280 g/mol. The van der Waals surface area contributed by atoms with E-state index in [0.717, 1.165) is 28.1 Å². The van der Waals surface area contributed by atoms with Gasteiger partial charge in [-0.25, -0.2) is 0 Å². The van der Waals surface area contributed by atoms with Crippen molar-refractivity contribution in [2.45, 2.75) is 33.4 Å². The number of benzene rings is 1. The average molecular weight is 302 g/mol. The maximum Gasteiger partial charge on any atom is 0.268 e. The van der Waals surface area contributed by atoms with Gasteiger partial charge in [0.05, 0.1) is 13.2 Å². The zero-order valence-electron chi connectivity index (χ0n) is 13.4. The number of methoxy groups -OCH3 is 1. The standard InChI is InChI=1S/C17H22N2O3/c1-10-15(12(3)20)11(2)19-16(10)17(21)18-9-13-7-5-6-8-14(13)22-4/h5-8,12,19-20H,9H2,1-4H3,(H,18,21)/t12-/m0/s1. The van der Waals surface area contributed by atoms with Crippen molar-refractivity contribution in [2.24, 2.45) is 0 Å². The molecule has 1 aromatic heterocycles. The minimum Gasteiger partial charge on any atom is -0.496 e. The molecule has 0 aliphatic heterocycles. The van der Waals surface area contributed by atoms with Gasteiger partial charge in [-0.05, 0) is 32.4 Å². The molecule has 1 aromatic carbocycles. The molecule has 1 heterocycles. The van der Waals surface area contributed by atoms with Gasteiger partial charge in [0.25, 0.3) is 5.91 Å². The number of aliphatic hydroxyl groups excluding tert-OH is 1. The third kappa shape index (κ3) is 3.14. The first-order valence-electron chi connectivity index (χ1n) is 7.23. The molecule has 3 N–H and O–H groups in total. The third-order valence-electron chi connectivity index (χ3n) is 3.77. The number of amides is 1. The molecule has 0 aliphatic rings. The van der Waals surface area contributed by atoms with Crippen LogP contribution < -0.4 is 10.1 Å². The minimum absolute atomic E-state index is 0.196. The highest BCUT2D eigenvalue weighted by Gasteiger charge is 2.19. The second-order valence-electron chi connectivity index (χ2n) is 5.33. The predicted molar refractivity (Wildman–Crippen MR) is 85.1 cm³/mol. The topological polar surface area (TPSA) is 74.3 Å². The number of H-pyrrole nitrogens is 1. The molecule has 0 radical (unpaired) electrons. The van der Waals surface area contributed by atoms with Crippen molar-refractivity contribution in [1.82, 2.24) is 10.3 Å². The average Bonchev–Trinajstić information content (AvgIpc) is 2.80. The summed E-state index contributed by atoms with van der Waals surface area (Å²) in [5.41, 5.74) is 3.78. The second-order valence-corrected chi connectivity index (χ2v) is 5.33. The molecule has 2 rings (SSSR count). The highest BCUT2D eigenvalue weighted by molar-refractivity contribution is 5.94. The largest absolute Gasteiger partial charge is 0.496 e. The minimum atomic E-state index is -0.605. The van der Waals surface area contributed by atoms with Crippen LogP contribution in [0.1, 0.15) is 45.9 Å².